The number of aromatic nitrogens is 1. The van der Waals surface area contributed by atoms with Crippen molar-refractivity contribution in [3.05, 3.63) is 41.8 Å². The number of hydrogen-bond donors (Lipinski definition) is 0. The second kappa shape index (κ2) is 4.72. The SMILES string of the molecule is O=CC1(c2ccnc3ccc(F)cc23)CCCCC1. The molecule has 0 saturated heterocycles. The lowest BCUT2D eigenvalue weighted by Gasteiger charge is -2.33. The maximum absolute atomic E-state index is 13.5. The van der Waals surface area contributed by atoms with Crippen LogP contribution in [0.5, 0.6) is 0 Å². The second-order valence-corrected chi connectivity index (χ2v) is 5.35. The van der Waals surface area contributed by atoms with Crippen molar-refractivity contribution in [1.82, 2.24) is 4.98 Å². The minimum atomic E-state index is -0.451. The Morgan fingerprint density at radius 1 is 1.16 bits per heavy atom. The highest BCUT2D eigenvalue weighted by atomic mass is 19.1. The van der Waals surface area contributed by atoms with E-state index in [0.717, 1.165) is 48.4 Å². The van der Waals surface area contributed by atoms with Crippen LogP contribution in [0.3, 0.4) is 0 Å². The van der Waals surface area contributed by atoms with Crippen molar-refractivity contribution in [3.8, 4) is 0 Å². The van der Waals surface area contributed by atoms with Crippen molar-refractivity contribution >= 4 is 17.2 Å². The molecule has 0 spiro atoms. The number of benzene rings is 1. The summed E-state index contributed by atoms with van der Waals surface area (Å²) in [6.45, 7) is 0. The van der Waals surface area contributed by atoms with Gasteiger partial charge in [0.2, 0.25) is 0 Å². The van der Waals surface area contributed by atoms with Gasteiger partial charge in [-0.3, -0.25) is 4.98 Å². The summed E-state index contributed by atoms with van der Waals surface area (Å²) < 4.78 is 13.5. The van der Waals surface area contributed by atoms with E-state index in [1.165, 1.54) is 18.6 Å². The van der Waals surface area contributed by atoms with E-state index in [9.17, 15) is 9.18 Å². The summed E-state index contributed by atoms with van der Waals surface area (Å²) in [5.41, 5.74) is 1.24. The first-order valence-electron chi connectivity index (χ1n) is 6.76. The molecule has 0 aliphatic heterocycles. The zero-order valence-electron chi connectivity index (χ0n) is 10.7. The van der Waals surface area contributed by atoms with Gasteiger partial charge in [-0.25, -0.2) is 4.39 Å². The van der Waals surface area contributed by atoms with Crippen LogP contribution in [0.25, 0.3) is 10.9 Å². The maximum atomic E-state index is 13.5. The first-order valence-corrected chi connectivity index (χ1v) is 6.76. The zero-order valence-corrected chi connectivity index (χ0v) is 10.7. The highest BCUT2D eigenvalue weighted by Gasteiger charge is 2.35. The van der Waals surface area contributed by atoms with Gasteiger partial charge in [-0.1, -0.05) is 19.3 Å². The molecular weight excluding hydrogens is 241 g/mol. The van der Waals surface area contributed by atoms with Crippen LogP contribution in [0.4, 0.5) is 4.39 Å². The Balaban J connectivity index is 2.23. The van der Waals surface area contributed by atoms with Crippen molar-refractivity contribution in [2.45, 2.75) is 37.5 Å². The molecule has 19 heavy (non-hydrogen) atoms. The monoisotopic (exact) mass is 257 g/mol. The fourth-order valence-corrected chi connectivity index (χ4v) is 3.19. The second-order valence-electron chi connectivity index (χ2n) is 5.35. The molecule has 1 aromatic heterocycles. The van der Waals surface area contributed by atoms with Crippen molar-refractivity contribution < 1.29 is 9.18 Å². The van der Waals surface area contributed by atoms with E-state index in [1.54, 1.807) is 12.3 Å². The van der Waals surface area contributed by atoms with Crippen molar-refractivity contribution in [2.24, 2.45) is 0 Å². The summed E-state index contributed by atoms with van der Waals surface area (Å²) in [6, 6.07) is 6.46. The number of hydrogen-bond acceptors (Lipinski definition) is 2. The molecule has 1 aliphatic carbocycles. The molecule has 0 atom stereocenters. The van der Waals surface area contributed by atoms with E-state index in [2.05, 4.69) is 4.98 Å². The van der Waals surface area contributed by atoms with E-state index in [0.29, 0.717) is 0 Å². The Labute approximate surface area is 111 Å². The molecule has 1 heterocycles. The lowest BCUT2D eigenvalue weighted by atomic mass is 9.70. The lowest BCUT2D eigenvalue weighted by Crippen LogP contribution is -2.31. The van der Waals surface area contributed by atoms with Gasteiger partial charge in [-0.05, 0) is 42.7 Å². The zero-order chi connectivity index (χ0) is 13.3. The fraction of sp³-hybridized carbons (Fsp3) is 0.375. The molecule has 0 amide bonds. The number of fused-ring (bicyclic) bond motifs is 1. The summed E-state index contributed by atoms with van der Waals surface area (Å²) in [6.07, 6.45) is 7.77. The van der Waals surface area contributed by atoms with Gasteiger partial charge in [0, 0.05) is 11.6 Å². The Hall–Kier alpha value is -1.77. The minimum absolute atomic E-state index is 0.279. The normalized spacial score (nSPS) is 18.4. The molecule has 1 fully saturated rings. The standard InChI is InChI=1S/C16H16FNO/c17-12-4-5-15-13(10-12)14(6-9-18-15)16(11-19)7-2-1-3-8-16/h4-6,9-11H,1-3,7-8H2. The van der Waals surface area contributed by atoms with Crippen LogP contribution in [0.1, 0.15) is 37.7 Å². The summed E-state index contributed by atoms with van der Waals surface area (Å²) in [4.78, 5) is 16.0. The maximum Gasteiger partial charge on any atom is 0.130 e. The molecule has 98 valence electrons. The molecular formula is C16H16FNO. The summed E-state index contributed by atoms with van der Waals surface area (Å²) >= 11 is 0. The van der Waals surface area contributed by atoms with Crippen LogP contribution < -0.4 is 0 Å². The lowest BCUT2D eigenvalue weighted by molar-refractivity contribution is -0.113. The third-order valence-electron chi connectivity index (χ3n) is 4.21. The number of halogens is 1. The van der Waals surface area contributed by atoms with Gasteiger partial charge in [0.25, 0.3) is 0 Å². The Bertz CT molecular complexity index is 617. The summed E-state index contributed by atoms with van der Waals surface area (Å²) in [5, 5.41) is 0.775. The van der Waals surface area contributed by atoms with Crippen LogP contribution in [-0.2, 0) is 10.2 Å². The highest BCUT2D eigenvalue weighted by Crippen LogP contribution is 2.40. The molecule has 1 aromatic carbocycles. The Morgan fingerprint density at radius 2 is 1.95 bits per heavy atom. The van der Waals surface area contributed by atoms with E-state index in [1.807, 2.05) is 6.07 Å². The molecule has 0 radical (unpaired) electrons. The molecule has 0 unspecified atom stereocenters. The van der Waals surface area contributed by atoms with Crippen LogP contribution in [0, 0.1) is 5.82 Å². The van der Waals surface area contributed by atoms with Gasteiger partial charge >= 0.3 is 0 Å². The van der Waals surface area contributed by atoms with E-state index in [-0.39, 0.29) is 5.82 Å². The topological polar surface area (TPSA) is 30.0 Å². The smallest absolute Gasteiger partial charge is 0.130 e. The quantitative estimate of drug-likeness (QED) is 0.766. The molecule has 1 aliphatic rings. The predicted octanol–water partition coefficient (Wildman–Crippen LogP) is 3.77. The Kier molecular flexibility index (Phi) is 3.05. The van der Waals surface area contributed by atoms with Crippen LogP contribution in [0.2, 0.25) is 0 Å². The van der Waals surface area contributed by atoms with Crippen LogP contribution >= 0.6 is 0 Å². The van der Waals surface area contributed by atoms with Gasteiger partial charge in [-0.15, -0.1) is 0 Å². The average molecular weight is 257 g/mol. The molecule has 1 saturated carbocycles. The molecule has 3 rings (SSSR count). The number of rotatable bonds is 2. The van der Waals surface area contributed by atoms with Gasteiger partial charge in [-0.2, -0.15) is 0 Å². The largest absolute Gasteiger partial charge is 0.302 e. The highest BCUT2D eigenvalue weighted by molar-refractivity contribution is 5.87. The first kappa shape index (κ1) is 12.3. The van der Waals surface area contributed by atoms with E-state index in [4.69, 9.17) is 0 Å². The van der Waals surface area contributed by atoms with E-state index >= 15 is 0 Å². The van der Waals surface area contributed by atoms with Crippen molar-refractivity contribution in [3.63, 3.8) is 0 Å². The number of pyridine rings is 1. The van der Waals surface area contributed by atoms with Crippen molar-refractivity contribution in [2.75, 3.05) is 0 Å². The number of carbonyl (C=O) groups excluding carboxylic acids is 1. The van der Waals surface area contributed by atoms with Crippen molar-refractivity contribution in [1.29, 1.82) is 0 Å². The Morgan fingerprint density at radius 3 is 2.68 bits per heavy atom. The van der Waals surface area contributed by atoms with Gasteiger partial charge in [0.15, 0.2) is 0 Å². The fourth-order valence-electron chi connectivity index (χ4n) is 3.19. The van der Waals surface area contributed by atoms with E-state index < -0.39 is 5.41 Å². The number of carbonyl (C=O) groups is 1. The van der Waals surface area contributed by atoms with Crippen LogP contribution in [-0.4, -0.2) is 11.3 Å². The third kappa shape index (κ3) is 2.03. The van der Waals surface area contributed by atoms with Gasteiger partial charge in [0.1, 0.15) is 12.1 Å². The van der Waals surface area contributed by atoms with Gasteiger partial charge in [0.05, 0.1) is 10.9 Å². The third-order valence-corrected chi connectivity index (χ3v) is 4.21. The average Bonchev–Trinajstić information content (AvgIpc) is 2.47. The van der Waals surface area contributed by atoms with Gasteiger partial charge < -0.3 is 4.79 Å². The molecule has 0 N–H and O–H groups in total. The summed E-state index contributed by atoms with van der Waals surface area (Å²) in [5.74, 6) is -0.279. The number of aldehydes is 1. The molecule has 3 heteroatoms. The number of nitrogens with zero attached hydrogens (tertiary/aromatic N) is 1. The summed E-state index contributed by atoms with van der Waals surface area (Å²) in [7, 11) is 0. The van der Waals surface area contributed by atoms with Crippen LogP contribution in [0.15, 0.2) is 30.5 Å². The molecule has 0 bridgehead atoms. The predicted molar refractivity (Wildman–Crippen MR) is 72.5 cm³/mol. The molecule has 2 aromatic rings. The first-order chi connectivity index (χ1) is 9.25. The minimum Gasteiger partial charge on any atom is -0.302 e. The molecule has 2 nitrogen and oxygen atoms in total.